The molecule has 3 rings (SSSR count). The van der Waals surface area contributed by atoms with E-state index < -0.39 is 29.4 Å². The Balaban J connectivity index is 1.83. The molecule has 2 N–H and O–H groups in total. The minimum absolute atomic E-state index is 0.0241. The molecule has 0 aliphatic rings. The summed E-state index contributed by atoms with van der Waals surface area (Å²) in [6.07, 6.45) is -2.99. The minimum atomic E-state index is -5.04. The van der Waals surface area contributed by atoms with E-state index in [4.69, 9.17) is 21.4 Å². The smallest absolute Gasteiger partial charge is 0.423 e. The normalized spacial score (nSPS) is 14.4. The van der Waals surface area contributed by atoms with Gasteiger partial charge in [-0.1, -0.05) is 36.7 Å². The zero-order chi connectivity index (χ0) is 24.4. The van der Waals surface area contributed by atoms with Crippen LogP contribution in [0.25, 0.3) is 0 Å². The number of carboxylic acid groups (broad SMARTS) is 1. The molecule has 0 spiro atoms. The summed E-state index contributed by atoms with van der Waals surface area (Å²) in [5, 5.41) is 19.7. The van der Waals surface area contributed by atoms with Crippen LogP contribution in [-0.2, 0) is 12.2 Å². The molecule has 2 aromatic carbocycles. The molecule has 0 radical (unpaired) electrons. The number of rotatable bonds is 7. The predicted octanol–water partition coefficient (Wildman–Crippen LogP) is 5.27. The average molecular weight is 481 g/mol. The van der Waals surface area contributed by atoms with Crippen molar-refractivity contribution in [3.63, 3.8) is 0 Å². The van der Waals surface area contributed by atoms with Crippen molar-refractivity contribution < 1.29 is 32.9 Å². The molecule has 6 nitrogen and oxygen atoms in total. The number of aryl methyl sites for hydroxylation is 1. The fraction of sp³-hybridized carbons (Fsp3) is 0.261. The number of aromatic nitrogens is 2. The van der Waals surface area contributed by atoms with Crippen LogP contribution in [0.1, 0.15) is 45.7 Å². The van der Waals surface area contributed by atoms with E-state index in [1.54, 1.807) is 19.1 Å². The van der Waals surface area contributed by atoms with Gasteiger partial charge in [-0.2, -0.15) is 13.2 Å². The van der Waals surface area contributed by atoms with Gasteiger partial charge in [0.1, 0.15) is 18.1 Å². The minimum Gasteiger partial charge on any atom is -0.489 e. The summed E-state index contributed by atoms with van der Waals surface area (Å²) in [5.74, 6) is -2.25. The number of alkyl halides is 3. The predicted molar refractivity (Wildman–Crippen MR) is 114 cm³/mol. The summed E-state index contributed by atoms with van der Waals surface area (Å²) >= 11 is 6.27. The number of nitrogens with zero attached hydrogens (tertiary/aromatic N) is 2. The van der Waals surface area contributed by atoms with E-state index in [-0.39, 0.29) is 22.8 Å². The first-order valence-corrected chi connectivity index (χ1v) is 10.1. The first kappa shape index (κ1) is 24.5. The van der Waals surface area contributed by atoms with Crippen molar-refractivity contribution in [3.8, 4) is 5.75 Å². The number of hydrogen-bond acceptors (Lipinski definition) is 5. The van der Waals surface area contributed by atoms with Crippen molar-refractivity contribution in [1.82, 2.24) is 9.97 Å². The van der Waals surface area contributed by atoms with E-state index in [0.29, 0.717) is 17.0 Å². The lowest BCUT2D eigenvalue weighted by atomic mass is 9.80. The summed E-state index contributed by atoms with van der Waals surface area (Å²) < 4.78 is 47.6. The molecule has 33 heavy (non-hydrogen) atoms. The molecule has 2 atom stereocenters. The largest absolute Gasteiger partial charge is 0.489 e. The van der Waals surface area contributed by atoms with E-state index in [1.807, 2.05) is 0 Å². The first-order chi connectivity index (χ1) is 15.4. The SMILES string of the molecule is Cc1cnc([C@](O)([C@H](C)c2ccc(OCc3ccc(C(=O)O)cc3)cc2Cl)C(F)(F)F)cn1. The average Bonchev–Trinajstić information content (AvgIpc) is 2.76. The number of aliphatic hydroxyl groups is 1. The van der Waals surface area contributed by atoms with Gasteiger partial charge in [-0.15, -0.1) is 0 Å². The van der Waals surface area contributed by atoms with E-state index >= 15 is 0 Å². The molecule has 0 fully saturated rings. The molecule has 174 valence electrons. The summed E-state index contributed by atoms with van der Waals surface area (Å²) in [6, 6.07) is 10.2. The molecule has 0 saturated carbocycles. The van der Waals surface area contributed by atoms with Gasteiger partial charge in [-0.05, 0) is 42.3 Å². The second-order valence-corrected chi connectivity index (χ2v) is 7.91. The zero-order valence-electron chi connectivity index (χ0n) is 17.6. The van der Waals surface area contributed by atoms with Gasteiger partial charge in [-0.25, -0.2) is 4.79 Å². The Morgan fingerprint density at radius 3 is 2.30 bits per heavy atom. The van der Waals surface area contributed by atoms with Crippen molar-refractivity contribution in [1.29, 1.82) is 0 Å². The summed E-state index contributed by atoms with van der Waals surface area (Å²) in [7, 11) is 0. The van der Waals surface area contributed by atoms with Crippen LogP contribution in [0.2, 0.25) is 5.02 Å². The fourth-order valence-electron chi connectivity index (χ4n) is 3.29. The van der Waals surface area contributed by atoms with Gasteiger partial charge in [0.05, 0.1) is 17.5 Å². The summed E-state index contributed by atoms with van der Waals surface area (Å²) in [5.41, 5.74) is -2.65. The first-order valence-electron chi connectivity index (χ1n) is 9.76. The highest BCUT2D eigenvalue weighted by Gasteiger charge is 2.60. The second-order valence-electron chi connectivity index (χ2n) is 7.50. The van der Waals surface area contributed by atoms with Crippen LogP contribution in [0.5, 0.6) is 5.75 Å². The number of carbonyl (C=O) groups is 1. The maximum atomic E-state index is 14.0. The highest BCUT2D eigenvalue weighted by molar-refractivity contribution is 6.31. The van der Waals surface area contributed by atoms with Crippen molar-refractivity contribution in [2.45, 2.75) is 38.1 Å². The molecule has 10 heteroatoms. The van der Waals surface area contributed by atoms with Crippen LogP contribution in [0.4, 0.5) is 13.2 Å². The van der Waals surface area contributed by atoms with Crippen LogP contribution >= 0.6 is 11.6 Å². The highest BCUT2D eigenvalue weighted by Crippen LogP contribution is 2.49. The lowest BCUT2D eigenvalue weighted by molar-refractivity contribution is -0.276. The van der Waals surface area contributed by atoms with E-state index in [0.717, 1.165) is 12.4 Å². The van der Waals surface area contributed by atoms with Crippen LogP contribution in [0.3, 0.4) is 0 Å². The molecular formula is C23H20ClF3N2O4. The van der Waals surface area contributed by atoms with Gasteiger partial charge in [0.15, 0.2) is 0 Å². The van der Waals surface area contributed by atoms with Gasteiger partial charge in [0, 0.05) is 17.1 Å². The molecule has 0 bridgehead atoms. The maximum absolute atomic E-state index is 14.0. The highest BCUT2D eigenvalue weighted by atomic mass is 35.5. The second kappa shape index (κ2) is 9.36. The Kier molecular flexibility index (Phi) is 6.94. The van der Waals surface area contributed by atoms with Crippen LogP contribution in [-0.4, -0.2) is 32.3 Å². The Morgan fingerprint density at radius 1 is 1.12 bits per heavy atom. The van der Waals surface area contributed by atoms with Crippen molar-refractivity contribution in [2.75, 3.05) is 0 Å². The molecular weight excluding hydrogens is 461 g/mol. The fourth-order valence-corrected chi connectivity index (χ4v) is 3.62. The number of halogens is 4. The van der Waals surface area contributed by atoms with Crippen molar-refractivity contribution in [2.24, 2.45) is 0 Å². The number of benzene rings is 2. The number of carboxylic acids is 1. The Hall–Kier alpha value is -3.17. The number of ether oxygens (including phenoxy) is 1. The van der Waals surface area contributed by atoms with Crippen LogP contribution in [0, 0.1) is 6.92 Å². The van der Waals surface area contributed by atoms with Crippen LogP contribution in [0.15, 0.2) is 54.9 Å². The molecule has 1 heterocycles. The molecule has 0 aliphatic heterocycles. The Labute approximate surface area is 192 Å². The van der Waals surface area contributed by atoms with E-state index in [1.165, 1.54) is 37.3 Å². The summed E-state index contributed by atoms with van der Waals surface area (Å²) in [6.45, 7) is 2.88. The van der Waals surface area contributed by atoms with Crippen molar-refractivity contribution >= 4 is 17.6 Å². The third-order valence-electron chi connectivity index (χ3n) is 5.28. The quantitative estimate of drug-likeness (QED) is 0.478. The van der Waals surface area contributed by atoms with Gasteiger partial charge in [0.25, 0.3) is 0 Å². The van der Waals surface area contributed by atoms with Gasteiger partial charge >= 0.3 is 12.1 Å². The third kappa shape index (κ3) is 5.09. The lowest BCUT2D eigenvalue weighted by Crippen LogP contribution is -2.47. The van der Waals surface area contributed by atoms with Crippen molar-refractivity contribution in [3.05, 3.63) is 88.0 Å². The molecule has 0 amide bonds. The van der Waals surface area contributed by atoms with Gasteiger partial charge < -0.3 is 14.9 Å². The van der Waals surface area contributed by atoms with Gasteiger partial charge in [-0.3, -0.25) is 9.97 Å². The zero-order valence-corrected chi connectivity index (χ0v) is 18.4. The Morgan fingerprint density at radius 2 is 1.79 bits per heavy atom. The van der Waals surface area contributed by atoms with Gasteiger partial charge in [0.2, 0.25) is 5.60 Å². The lowest BCUT2D eigenvalue weighted by Gasteiger charge is -2.35. The standard InChI is InChI=1S/C23H20ClF3N2O4/c1-13-10-29-20(11-28-13)22(32,23(25,26)27)14(2)18-8-7-17(9-19(18)24)33-12-15-3-5-16(6-4-15)21(30)31/h3-11,14,32H,12H2,1-2H3,(H,30,31)/t14-,22-/m1/s1. The molecule has 3 aromatic rings. The molecule has 0 unspecified atom stereocenters. The third-order valence-corrected chi connectivity index (χ3v) is 5.60. The maximum Gasteiger partial charge on any atom is 0.423 e. The Bertz CT molecular complexity index is 1140. The van der Waals surface area contributed by atoms with E-state index in [2.05, 4.69) is 9.97 Å². The molecule has 1 aromatic heterocycles. The number of hydrogen-bond donors (Lipinski definition) is 2. The topological polar surface area (TPSA) is 92.5 Å². The monoisotopic (exact) mass is 480 g/mol. The van der Waals surface area contributed by atoms with E-state index in [9.17, 15) is 23.1 Å². The number of aromatic carboxylic acids is 1. The van der Waals surface area contributed by atoms with Crippen LogP contribution < -0.4 is 4.74 Å². The molecule has 0 aliphatic carbocycles. The molecule has 0 saturated heterocycles. The summed E-state index contributed by atoms with van der Waals surface area (Å²) in [4.78, 5) is 18.5.